The minimum Gasteiger partial charge on any atom is -0.354 e. The van der Waals surface area contributed by atoms with Gasteiger partial charge in [0.05, 0.1) is 4.91 Å². The van der Waals surface area contributed by atoms with Crippen LogP contribution in [-0.2, 0) is 9.59 Å². The van der Waals surface area contributed by atoms with Gasteiger partial charge in [-0.15, -0.1) is 11.3 Å². The molecule has 0 aromatic carbocycles. The predicted octanol–water partition coefficient (Wildman–Crippen LogP) is 4.12. The molecule has 5 nitrogen and oxygen atoms in total. The number of rotatable bonds is 5. The first kappa shape index (κ1) is 18.4. The highest BCUT2D eigenvalue weighted by atomic mass is 32.2. The summed E-state index contributed by atoms with van der Waals surface area (Å²) in [5.41, 5.74) is -0.188. The maximum Gasteiger partial charge on any atom is 0.293 e. The smallest absolute Gasteiger partial charge is 0.293 e. The number of thioether (sulfide) groups is 1. The summed E-state index contributed by atoms with van der Waals surface area (Å²) in [4.78, 5) is 40.5. The van der Waals surface area contributed by atoms with E-state index in [1.54, 1.807) is 6.08 Å². The summed E-state index contributed by atoms with van der Waals surface area (Å²) in [5, 5.41) is 4.74. The number of hydrogen-bond donors (Lipinski definition) is 1. The van der Waals surface area contributed by atoms with Gasteiger partial charge in [-0.2, -0.15) is 0 Å². The van der Waals surface area contributed by atoms with E-state index in [1.807, 2.05) is 17.5 Å². The molecular formula is C21H24N2O3S2. The average molecular weight is 417 g/mol. The Morgan fingerprint density at radius 2 is 1.86 bits per heavy atom. The van der Waals surface area contributed by atoms with Crippen molar-refractivity contribution >= 4 is 46.2 Å². The van der Waals surface area contributed by atoms with Crippen molar-refractivity contribution in [2.45, 2.75) is 38.5 Å². The zero-order valence-corrected chi connectivity index (χ0v) is 17.3. The number of nitrogens with one attached hydrogen (secondary N) is 1. The fourth-order valence-electron chi connectivity index (χ4n) is 6.05. The third-order valence-electron chi connectivity index (χ3n) is 6.83. The van der Waals surface area contributed by atoms with Crippen LogP contribution in [0.4, 0.5) is 4.79 Å². The van der Waals surface area contributed by atoms with E-state index in [2.05, 4.69) is 5.32 Å². The lowest BCUT2D eigenvalue weighted by molar-refractivity contribution is -0.146. The Kier molecular flexibility index (Phi) is 4.62. The highest BCUT2D eigenvalue weighted by Crippen LogP contribution is 2.60. The standard InChI is InChI=1S/C21H24N2O3S2/c24-18-17(9-16-2-1-5-27-16)28-20(26)23(18)4-3-22-19(25)21-10-13-6-14(11-21)8-15(7-13)12-21/h1-2,5,9,13-15H,3-4,6-8,10-12H2,(H,22,25). The van der Waals surface area contributed by atoms with E-state index in [1.165, 1.54) is 35.5 Å². The zero-order valence-electron chi connectivity index (χ0n) is 15.7. The van der Waals surface area contributed by atoms with Gasteiger partial charge in [-0.1, -0.05) is 6.07 Å². The number of imide groups is 1. The Bertz CT molecular complexity index is 811. The summed E-state index contributed by atoms with van der Waals surface area (Å²) in [5.74, 6) is 2.06. The largest absolute Gasteiger partial charge is 0.354 e. The van der Waals surface area contributed by atoms with Crippen LogP contribution in [0.15, 0.2) is 22.4 Å². The quantitative estimate of drug-likeness (QED) is 0.734. The maximum atomic E-state index is 13.0. The molecule has 148 valence electrons. The Balaban J connectivity index is 1.19. The van der Waals surface area contributed by atoms with Crippen molar-refractivity contribution in [2.75, 3.05) is 13.1 Å². The SMILES string of the molecule is O=C1SC(=Cc2cccs2)C(=O)N1CCNC(=O)C12CC3CC(CC(C3)C1)C2. The second kappa shape index (κ2) is 7.02. The number of carbonyl (C=O) groups excluding carboxylic acids is 3. The van der Waals surface area contributed by atoms with Crippen molar-refractivity contribution in [3.8, 4) is 0 Å². The molecule has 0 atom stereocenters. The summed E-state index contributed by atoms with van der Waals surface area (Å²) in [7, 11) is 0. The van der Waals surface area contributed by atoms with Crippen LogP contribution in [0.3, 0.4) is 0 Å². The van der Waals surface area contributed by atoms with Gasteiger partial charge >= 0.3 is 0 Å². The molecule has 28 heavy (non-hydrogen) atoms. The van der Waals surface area contributed by atoms with Gasteiger partial charge in [0, 0.05) is 23.4 Å². The summed E-state index contributed by atoms with van der Waals surface area (Å²) >= 11 is 2.51. The predicted molar refractivity (Wildman–Crippen MR) is 111 cm³/mol. The molecule has 1 aliphatic heterocycles. The van der Waals surface area contributed by atoms with Crippen LogP contribution >= 0.6 is 23.1 Å². The number of amides is 3. The molecule has 0 spiro atoms. The van der Waals surface area contributed by atoms with Gasteiger partial charge in [0.15, 0.2) is 0 Å². The minimum absolute atomic E-state index is 0.146. The van der Waals surface area contributed by atoms with Crippen molar-refractivity contribution < 1.29 is 14.4 Å². The molecule has 1 aromatic heterocycles. The topological polar surface area (TPSA) is 66.5 Å². The fraction of sp³-hybridized carbons (Fsp3) is 0.571. The molecule has 7 heteroatoms. The van der Waals surface area contributed by atoms with Crippen LogP contribution in [0.25, 0.3) is 6.08 Å². The molecular weight excluding hydrogens is 392 g/mol. The highest BCUT2D eigenvalue weighted by Gasteiger charge is 2.54. The van der Waals surface area contributed by atoms with Gasteiger partial charge in [0.25, 0.3) is 11.1 Å². The van der Waals surface area contributed by atoms with Gasteiger partial charge < -0.3 is 5.32 Å². The van der Waals surface area contributed by atoms with Gasteiger partial charge in [0.2, 0.25) is 5.91 Å². The molecule has 6 rings (SSSR count). The third-order valence-corrected chi connectivity index (χ3v) is 8.56. The molecule has 3 amide bonds. The lowest BCUT2D eigenvalue weighted by Crippen LogP contribution is -2.54. The van der Waals surface area contributed by atoms with E-state index >= 15 is 0 Å². The Morgan fingerprint density at radius 3 is 2.46 bits per heavy atom. The first-order chi connectivity index (χ1) is 13.5. The van der Waals surface area contributed by atoms with E-state index in [4.69, 9.17) is 0 Å². The Labute approximate surface area is 172 Å². The van der Waals surface area contributed by atoms with E-state index in [0.29, 0.717) is 11.4 Å². The van der Waals surface area contributed by atoms with E-state index in [0.717, 1.165) is 53.7 Å². The van der Waals surface area contributed by atoms with E-state index in [-0.39, 0.29) is 29.0 Å². The monoisotopic (exact) mass is 416 g/mol. The maximum absolute atomic E-state index is 13.0. The van der Waals surface area contributed by atoms with Crippen molar-refractivity contribution in [3.05, 3.63) is 27.3 Å². The highest BCUT2D eigenvalue weighted by molar-refractivity contribution is 8.18. The van der Waals surface area contributed by atoms with Crippen molar-refractivity contribution in [1.29, 1.82) is 0 Å². The molecule has 4 aliphatic carbocycles. The summed E-state index contributed by atoms with van der Waals surface area (Å²) < 4.78 is 0. The van der Waals surface area contributed by atoms with Crippen LogP contribution in [0.5, 0.6) is 0 Å². The molecule has 5 fully saturated rings. The lowest BCUT2D eigenvalue weighted by atomic mass is 9.49. The molecule has 4 bridgehead atoms. The normalized spacial score (nSPS) is 35.2. The Morgan fingerprint density at radius 1 is 1.18 bits per heavy atom. The first-order valence-electron chi connectivity index (χ1n) is 10.1. The van der Waals surface area contributed by atoms with Crippen molar-refractivity contribution in [1.82, 2.24) is 10.2 Å². The molecule has 4 saturated carbocycles. The Hall–Kier alpha value is -1.60. The number of nitrogens with zero attached hydrogens (tertiary/aromatic N) is 1. The molecule has 2 heterocycles. The van der Waals surface area contributed by atoms with Crippen molar-refractivity contribution in [2.24, 2.45) is 23.2 Å². The second-order valence-corrected chi connectivity index (χ2v) is 10.8. The zero-order chi connectivity index (χ0) is 19.3. The number of thiophene rings is 1. The number of carbonyl (C=O) groups is 3. The summed E-state index contributed by atoms with van der Waals surface area (Å²) in [6, 6.07) is 3.84. The van der Waals surface area contributed by atoms with Crippen LogP contribution in [0.2, 0.25) is 0 Å². The van der Waals surface area contributed by atoms with Gasteiger partial charge in [-0.3, -0.25) is 19.3 Å². The molecule has 0 radical (unpaired) electrons. The van der Waals surface area contributed by atoms with Crippen molar-refractivity contribution in [3.63, 3.8) is 0 Å². The molecule has 1 aromatic rings. The van der Waals surface area contributed by atoms with E-state index < -0.39 is 0 Å². The van der Waals surface area contributed by atoms with Gasteiger partial charge in [0.1, 0.15) is 0 Å². The fourth-order valence-corrected chi connectivity index (χ4v) is 7.64. The second-order valence-electron chi connectivity index (χ2n) is 8.80. The third kappa shape index (κ3) is 3.22. The van der Waals surface area contributed by atoms with Crippen LogP contribution in [-0.4, -0.2) is 35.0 Å². The summed E-state index contributed by atoms with van der Waals surface area (Å²) in [6.45, 7) is 0.579. The minimum atomic E-state index is -0.257. The average Bonchev–Trinajstić information content (AvgIpc) is 3.24. The van der Waals surface area contributed by atoms with Gasteiger partial charge in [-0.25, -0.2) is 0 Å². The molecule has 1 saturated heterocycles. The first-order valence-corrected chi connectivity index (χ1v) is 11.8. The molecule has 0 unspecified atom stereocenters. The van der Waals surface area contributed by atoms with Crippen LogP contribution in [0, 0.1) is 23.2 Å². The van der Waals surface area contributed by atoms with Crippen LogP contribution < -0.4 is 5.32 Å². The lowest BCUT2D eigenvalue weighted by Gasteiger charge is -2.55. The van der Waals surface area contributed by atoms with E-state index in [9.17, 15) is 14.4 Å². The van der Waals surface area contributed by atoms with Crippen LogP contribution in [0.1, 0.15) is 43.4 Å². The number of hydrogen-bond acceptors (Lipinski definition) is 5. The summed E-state index contributed by atoms with van der Waals surface area (Å²) in [6.07, 6.45) is 8.76. The molecule has 1 N–H and O–H groups in total. The van der Waals surface area contributed by atoms with Gasteiger partial charge in [-0.05, 0) is 85.6 Å². The molecule has 5 aliphatic rings.